The Morgan fingerprint density at radius 3 is 2.07 bits per heavy atom. The first-order valence-corrected chi connectivity index (χ1v) is 7.99. The van der Waals surface area contributed by atoms with Crippen molar-refractivity contribution in [3.63, 3.8) is 0 Å². The normalized spacial score (nSPS) is 13.1. The minimum absolute atomic E-state index is 0.0861. The van der Waals surface area contributed by atoms with Crippen LogP contribution in [0.2, 0.25) is 0 Å². The summed E-state index contributed by atoms with van der Waals surface area (Å²) in [7, 11) is -3.81. The van der Waals surface area contributed by atoms with Crippen molar-refractivity contribution < 1.29 is 14.7 Å². The first kappa shape index (κ1) is 15.3. The van der Waals surface area contributed by atoms with Crippen LogP contribution in [0.15, 0.2) is 0 Å². The summed E-state index contributed by atoms with van der Waals surface area (Å²) in [6, 6.07) is 0. The molecule has 0 rings (SSSR count). The zero-order chi connectivity index (χ0) is 11.6. The van der Waals surface area contributed by atoms with Gasteiger partial charge in [0.1, 0.15) is 0 Å². The monoisotopic (exact) mass is 239 g/mol. The van der Waals surface area contributed by atoms with Crippen molar-refractivity contribution in [1.29, 1.82) is 0 Å². The van der Waals surface area contributed by atoms with Crippen LogP contribution in [-0.2, 0) is 0 Å². The Balaban J connectivity index is 2.99. The van der Waals surface area contributed by atoms with Crippen LogP contribution in [0.3, 0.4) is 0 Å². The zero-order valence-electron chi connectivity index (χ0n) is 9.71. The van der Waals surface area contributed by atoms with Gasteiger partial charge in [0.25, 0.3) is 0 Å². The molecule has 0 aliphatic heterocycles. The molecule has 0 fully saturated rings. The average molecular weight is 239 g/mol. The van der Waals surface area contributed by atoms with Crippen molar-refractivity contribution in [2.75, 3.05) is 19.3 Å². The second-order valence-electron chi connectivity index (χ2n) is 4.04. The van der Waals surface area contributed by atoms with E-state index in [1.165, 1.54) is 32.1 Å². The summed E-state index contributed by atoms with van der Waals surface area (Å²) in [6.07, 6.45) is 7.64. The van der Waals surface area contributed by atoms with Crippen LogP contribution < -0.4 is 5.32 Å². The molecule has 0 unspecified atom stereocenters. The van der Waals surface area contributed by atoms with Gasteiger partial charge in [-0.05, 0) is 0 Å². The molecule has 0 saturated heterocycles. The Kier molecular flexibility index (Phi) is 9.66. The summed E-state index contributed by atoms with van der Waals surface area (Å²) < 4.78 is 0. The Labute approximate surface area is 93.3 Å². The molecule has 94 valence electrons. The molecular weight excluding hydrogens is 213 g/mol. The molecule has 0 atom stereocenters. The van der Waals surface area contributed by atoms with Crippen molar-refractivity contribution >= 4 is 7.94 Å². The second-order valence-corrected chi connectivity index (χ2v) is 6.09. The maximum atomic E-state index is 8.73. The van der Waals surface area contributed by atoms with Gasteiger partial charge in [-0.1, -0.05) is 0 Å². The second kappa shape index (κ2) is 9.49. The first-order valence-electron chi connectivity index (χ1n) is 5.94. The molecule has 0 spiro atoms. The molecule has 0 aliphatic rings. The molecule has 0 bridgehead atoms. The molecule has 0 saturated carbocycles. The Morgan fingerprint density at radius 1 is 0.867 bits per heavy atom. The quantitative estimate of drug-likeness (QED) is 0.343. The van der Waals surface area contributed by atoms with Crippen molar-refractivity contribution in [1.82, 2.24) is 5.32 Å². The van der Waals surface area contributed by atoms with Crippen molar-refractivity contribution in [3.8, 4) is 0 Å². The summed E-state index contributed by atoms with van der Waals surface area (Å²) in [6.45, 7) is 3.59. The Hall–Kier alpha value is 0.270. The van der Waals surface area contributed by atoms with Gasteiger partial charge < -0.3 is 0 Å². The number of hydrogen-bond acceptors (Lipinski definition) is 4. The molecule has 15 heavy (non-hydrogen) atoms. The topological polar surface area (TPSA) is 72.7 Å². The molecule has 0 amide bonds. The van der Waals surface area contributed by atoms with Gasteiger partial charge in [0.15, 0.2) is 0 Å². The number of rotatable bonds is 10. The number of unbranched alkanes of at least 4 members (excludes halogenated alkanes) is 5. The van der Waals surface area contributed by atoms with E-state index in [1.54, 1.807) is 0 Å². The summed E-state index contributed by atoms with van der Waals surface area (Å²) in [5.41, 5.74) is 0. The molecule has 4 N–H and O–H groups in total. The van der Waals surface area contributed by atoms with Gasteiger partial charge in [0.2, 0.25) is 0 Å². The fourth-order valence-electron chi connectivity index (χ4n) is 1.41. The van der Waals surface area contributed by atoms with Gasteiger partial charge in [0, 0.05) is 0 Å². The van der Waals surface area contributed by atoms with Gasteiger partial charge in [-0.15, -0.1) is 0 Å². The summed E-state index contributed by atoms with van der Waals surface area (Å²) in [5.74, 6) is 0. The third kappa shape index (κ3) is 14.3. The van der Waals surface area contributed by atoms with E-state index in [9.17, 15) is 0 Å². The van der Waals surface area contributed by atoms with E-state index in [1.807, 2.05) is 0 Å². The molecule has 0 heterocycles. The van der Waals surface area contributed by atoms with E-state index >= 15 is 0 Å². The Bertz CT molecular complexity index is 139. The van der Waals surface area contributed by atoms with E-state index in [0.717, 1.165) is 13.0 Å². The predicted octanol–water partition coefficient (Wildman–Crippen LogP) is 1.41. The van der Waals surface area contributed by atoms with E-state index in [2.05, 4.69) is 12.2 Å². The van der Waals surface area contributed by atoms with Gasteiger partial charge in [0.05, 0.1) is 0 Å². The molecule has 0 aromatic heterocycles. The van der Waals surface area contributed by atoms with Crippen LogP contribution in [0, 0.1) is 0 Å². The number of hydrogen-bond donors (Lipinski definition) is 4. The maximum absolute atomic E-state index is 8.73. The van der Waals surface area contributed by atoms with E-state index < -0.39 is 7.94 Å². The predicted molar refractivity (Wildman–Crippen MR) is 66.1 cm³/mol. The van der Waals surface area contributed by atoms with Gasteiger partial charge in [-0.2, -0.15) is 0 Å². The van der Waals surface area contributed by atoms with Crippen LogP contribution >= 0.6 is 7.94 Å². The summed E-state index contributed by atoms with van der Waals surface area (Å²) >= 11 is 0. The van der Waals surface area contributed by atoms with Crippen LogP contribution in [0.25, 0.3) is 0 Å². The Morgan fingerprint density at radius 2 is 1.47 bits per heavy atom. The van der Waals surface area contributed by atoms with Crippen molar-refractivity contribution in [3.05, 3.63) is 0 Å². The van der Waals surface area contributed by atoms with Crippen molar-refractivity contribution in [2.24, 2.45) is 0 Å². The molecule has 4 nitrogen and oxygen atoms in total. The molecular formula is C10H26NO3P. The molecule has 0 aromatic carbocycles. The van der Waals surface area contributed by atoms with E-state index in [4.69, 9.17) is 14.7 Å². The SMILES string of the molecule is CCCCCCCCNCC[PH](O)(O)O. The first-order chi connectivity index (χ1) is 7.06. The fourth-order valence-corrected chi connectivity index (χ4v) is 1.92. The van der Waals surface area contributed by atoms with Crippen LogP contribution in [0.4, 0.5) is 0 Å². The summed E-state index contributed by atoms with van der Waals surface area (Å²) in [5, 5.41) is 3.09. The third-order valence-corrected chi connectivity index (χ3v) is 3.27. The van der Waals surface area contributed by atoms with E-state index in [0.29, 0.717) is 6.54 Å². The minimum atomic E-state index is -3.81. The van der Waals surface area contributed by atoms with Crippen molar-refractivity contribution in [2.45, 2.75) is 45.4 Å². The zero-order valence-corrected chi connectivity index (χ0v) is 10.7. The molecule has 0 radical (unpaired) electrons. The van der Waals surface area contributed by atoms with Crippen LogP contribution in [0.5, 0.6) is 0 Å². The summed E-state index contributed by atoms with van der Waals surface area (Å²) in [4.78, 5) is 26.2. The standard InChI is InChI=1S/C10H26NO3P/c1-2-3-4-5-6-7-8-11-9-10-15(12,13)14/h11-15H,2-10H2,1H3. The molecule has 5 heteroatoms. The third-order valence-electron chi connectivity index (χ3n) is 2.34. The molecule has 0 aromatic rings. The number of nitrogens with one attached hydrogen (secondary N) is 1. The van der Waals surface area contributed by atoms with Crippen LogP contribution in [-0.4, -0.2) is 33.9 Å². The fraction of sp³-hybridized carbons (Fsp3) is 1.00. The van der Waals surface area contributed by atoms with Gasteiger partial charge >= 0.3 is 92.6 Å². The molecule has 0 aliphatic carbocycles. The van der Waals surface area contributed by atoms with Crippen LogP contribution in [0.1, 0.15) is 45.4 Å². The average Bonchev–Trinajstić information content (AvgIpc) is 2.14. The van der Waals surface area contributed by atoms with Gasteiger partial charge in [-0.3, -0.25) is 0 Å². The van der Waals surface area contributed by atoms with Gasteiger partial charge in [-0.25, -0.2) is 0 Å². The van der Waals surface area contributed by atoms with E-state index in [-0.39, 0.29) is 6.16 Å².